The van der Waals surface area contributed by atoms with Crippen LogP contribution in [0.25, 0.3) is 0 Å². The quantitative estimate of drug-likeness (QED) is 0.367. The maximum Gasteiger partial charge on any atom is 0.222 e. The van der Waals surface area contributed by atoms with Gasteiger partial charge >= 0.3 is 0 Å². The van der Waals surface area contributed by atoms with Crippen molar-refractivity contribution in [3.8, 4) is 0 Å². The Kier molecular flexibility index (Phi) is 8.59. The van der Waals surface area contributed by atoms with Crippen LogP contribution in [-0.4, -0.2) is 45.8 Å². The fourth-order valence-corrected chi connectivity index (χ4v) is 5.68. The molecule has 4 heteroatoms. The van der Waals surface area contributed by atoms with Crippen molar-refractivity contribution in [1.82, 2.24) is 4.90 Å². The van der Waals surface area contributed by atoms with E-state index >= 15 is 0 Å². The third-order valence-corrected chi connectivity index (χ3v) is 7.53. The molecule has 0 radical (unpaired) electrons. The summed E-state index contributed by atoms with van der Waals surface area (Å²) in [5, 5.41) is 21.0. The SMILES string of the molecule is CCCC[C@](C)(O)CC=C[C@@H]1[C@H]2CC(CCCCC(=O)N3CCCC3)=C[C@H]2C[C@H]1O. The zero-order valence-electron chi connectivity index (χ0n) is 19.2. The Morgan fingerprint density at radius 3 is 2.77 bits per heavy atom. The standard InChI is InChI=1S/C26H43NO3/c1-3-4-13-26(2,30)14-9-11-22-23-18-20(17-21(23)19-24(22)28)10-5-6-12-25(29)27-15-7-8-16-27/h9,11,17,21-24,28,30H,3-8,10,12-16,18-19H2,1-2H3/t21-,22+,23-,24+,26-/m0/s1. The van der Waals surface area contributed by atoms with E-state index in [1.807, 2.05) is 11.8 Å². The molecule has 0 aromatic heterocycles. The highest BCUT2D eigenvalue weighted by Crippen LogP contribution is 2.48. The highest BCUT2D eigenvalue weighted by molar-refractivity contribution is 5.76. The van der Waals surface area contributed by atoms with E-state index in [1.54, 1.807) is 0 Å². The van der Waals surface area contributed by atoms with Crippen molar-refractivity contribution in [3.63, 3.8) is 0 Å². The van der Waals surface area contributed by atoms with Gasteiger partial charge in [0.1, 0.15) is 0 Å². The van der Waals surface area contributed by atoms with Crippen LogP contribution in [0.4, 0.5) is 0 Å². The molecule has 0 bridgehead atoms. The smallest absolute Gasteiger partial charge is 0.222 e. The molecule has 0 unspecified atom stereocenters. The molecule has 1 amide bonds. The number of hydrogen-bond acceptors (Lipinski definition) is 3. The predicted octanol–water partition coefficient (Wildman–Crippen LogP) is 5.00. The second kappa shape index (κ2) is 10.9. The van der Waals surface area contributed by atoms with Gasteiger partial charge in [-0.15, -0.1) is 0 Å². The van der Waals surface area contributed by atoms with Gasteiger partial charge < -0.3 is 15.1 Å². The maximum atomic E-state index is 12.2. The maximum absolute atomic E-state index is 12.2. The summed E-state index contributed by atoms with van der Waals surface area (Å²) < 4.78 is 0. The number of aliphatic hydroxyl groups excluding tert-OH is 1. The fraction of sp³-hybridized carbons (Fsp3) is 0.808. The molecule has 170 valence electrons. The van der Waals surface area contributed by atoms with Crippen molar-refractivity contribution in [2.24, 2.45) is 17.8 Å². The van der Waals surface area contributed by atoms with Gasteiger partial charge in [-0.3, -0.25) is 4.79 Å². The van der Waals surface area contributed by atoms with E-state index in [4.69, 9.17) is 0 Å². The molecule has 3 aliphatic rings. The molecule has 1 heterocycles. The van der Waals surface area contributed by atoms with Gasteiger partial charge in [0.2, 0.25) is 5.91 Å². The summed E-state index contributed by atoms with van der Waals surface area (Å²) in [5.74, 6) is 1.56. The number of allylic oxidation sites excluding steroid dienone is 2. The first-order valence-electron chi connectivity index (χ1n) is 12.4. The average molecular weight is 418 g/mol. The second-order valence-electron chi connectivity index (χ2n) is 10.3. The topological polar surface area (TPSA) is 60.8 Å². The molecular weight excluding hydrogens is 374 g/mol. The summed E-state index contributed by atoms with van der Waals surface area (Å²) in [5.41, 5.74) is 0.889. The van der Waals surface area contributed by atoms with Gasteiger partial charge in [-0.2, -0.15) is 0 Å². The van der Waals surface area contributed by atoms with E-state index in [1.165, 1.54) is 18.4 Å². The minimum atomic E-state index is -0.638. The van der Waals surface area contributed by atoms with Crippen LogP contribution in [-0.2, 0) is 4.79 Å². The lowest BCUT2D eigenvalue weighted by Crippen LogP contribution is -2.27. The molecular formula is C26H43NO3. The van der Waals surface area contributed by atoms with Gasteiger partial charge in [-0.1, -0.05) is 43.6 Å². The number of likely N-dealkylation sites (tertiary alicyclic amines) is 1. The fourth-order valence-electron chi connectivity index (χ4n) is 5.68. The monoisotopic (exact) mass is 417 g/mol. The molecule has 1 saturated heterocycles. The van der Waals surface area contributed by atoms with Gasteiger partial charge in [-0.25, -0.2) is 0 Å². The number of amides is 1. The van der Waals surface area contributed by atoms with Crippen molar-refractivity contribution in [3.05, 3.63) is 23.8 Å². The number of carbonyl (C=O) groups is 1. The first kappa shape index (κ1) is 23.5. The summed E-state index contributed by atoms with van der Waals surface area (Å²) in [6, 6.07) is 0. The minimum Gasteiger partial charge on any atom is -0.392 e. The molecule has 5 atom stereocenters. The normalized spacial score (nSPS) is 30.7. The third-order valence-electron chi connectivity index (χ3n) is 7.53. The molecule has 2 fully saturated rings. The molecule has 1 saturated carbocycles. The number of fused-ring (bicyclic) bond motifs is 1. The lowest BCUT2D eigenvalue weighted by Gasteiger charge is -2.22. The van der Waals surface area contributed by atoms with Crippen molar-refractivity contribution in [1.29, 1.82) is 0 Å². The Balaban J connectivity index is 1.40. The number of rotatable bonds is 11. The van der Waals surface area contributed by atoms with Gasteiger partial charge in [0.25, 0.3) is 0 Å². The molecule has 1 aliphatic heterocycles. The minimum absolute atomic E-state index is 0.211. The van der Waals surface area contributed by atoms with E-state index in [0.717, 1.165) is 64.5 Å². The Hall–Kier alpha value is -1.13. The predicted molar refractivity (Wildman–Crippen MR) is 122 cm³/mol. The summed E-state index contributed by atoms with van der Waals surface area (Å²) >= 11 is 0. The molecule has 30 heavy (non-hydrogen) atoms. The average Bonchev–Trinajstić information content (AvgIpc) is 3.42. The lowest BCUT2D eigenvalue weighted by atomic mass is 9.87. The van der Waals surface area contributed by atoms with Crippen molar-refractivity contribution >= 4 is 5.91 Å². The first-order chi connectivity index (χ1) is 14.4. The van der Waals surface area contributed by atoms with Gasteiger partial charge in [-0.05, 0) is 76.5 Å². The second-order valence-corrected chi connectivity index (χ2v) is 10.3. The van der Waals surface area contributed by atoms with Crippen LogP contribution in [0.2, 0.25) is 0 Å². The van der Waals surface area contributed by atoms with Crippen LogP contribution >= 0.6 is 0 Å². The van der Waals surface area contributed by atoms with E-state index < -0.39 is 5.60 Å². The highest BCUT2D eigenvalue weighted by Gasteiger charge is 2.43. The van der Waals surface area contributed by atoms with E-state index in [9.17, 15) is 15.0 Å². The number of nitrogens with zero attached hydrogens (tertiary/aromatic N) is 1. The van der Waals surface area contributed by atoms with Crippen LogP contribution < -0.4 is 0 Å². The van der Waals surface area contributed by atoms with E-state index in [2.05, 4.69) is 25.2 Å². The van der Waals surface area contributed by atoms with Crippen LogP contribution in [0.1, 0.15) is 90.9 Å². The van der Waals surface area contributed by atoms with Gasteiger partial charge in [0.05, 0.1) is 11.7 Å². The van der Waals surface area contributed by atoms with Crippen molar-refractivity contribution in [2.45, 2.75) is 103 Å². The third kappa shape index (κ3) is 6.43. The molecule has 2 N–H and O–H groups in total. The van der Waals surface area contributed by atoms with Crippen molar-refractivity contribution in [2.75, 3.05) is 13.1 Å². The number of carbonyl (C=O) groups excluding carboxylic acids is 1. The van der Waals surface area contributed by atoms with E-state index in [0.29, 0.717) is 30.6 Å². The molecule has 0 aromatic carbocycles. The molecule has 2 aliphatic carbocycles. The Labute approximate surface area is 183 Å². The summed E-state index contributed by atoms with van der Waals surface area (Å²) in [6.45, 7) is 5.98. The number of unbranched alkanes of at least 4 members (excludes halogenated alkanes) is 2. The zero-order valence-corrected chi connectivity index (χ0v) is 19.2. The van der Waals surface area contributed by atoms with E-state index in [-0.39, 0.29) is 12.0 Å². The Morgan fingerprint density at radius 1 is 1.27 bits per heavy atom. The highest BCUT2D eigenvalue weighted by atomic mass is 16.3. The lowest BCUT2D eigenvalue weighted by molar-refractivity contribution is -0.130. The van der Waals surface area contributed by atoms with Crippen LogP contribution in [0, 0.1) is 17.8 Å². The Bertz CT molecular complexity index is 618. The molecule has 0 spiro atoms. The largest absolute Gasteiger partial charge is 0.392 e. The zero-order chi connectivity index (χ0) is 21.6. The molecule has 0 aromatic rings. The van der Waals surface area contributed by atoms with Crippen molar-refractivity contribution < 1.29 is 15.0 Å². The molecule has 4 nitrogen and oxygen atoms in total. The first-order valence-corrected chi connectivity index (χ1v) is 12.4. The summed E-state index contributed by atoms with van der Waals surface area (Å²) in [6.07, 6.45) is 18.3. The number of aliphatic hydroxyl groups is 2. The number of hydrogen-bond donors (Lipinski definition) is 2. The molecule has 3 rings (SSSR count). The summed E-state index contributed by atoms with van der Waals surface area (Å²) in [7, 11) is 0. The Morgan fingerprint density at radius 2 is 2.03 bits per heavy atom. The van der Waals surface area contributed by atoms with Gasteiger partial charge in [0, 0.05) is 25.4 Å². The van der Waals surface area contributed by atoms with Gasteiger partial charge in [0.15, 0.2) is 0 Å². The van der Waals surface area contributed by atoms with Crippen LogP contribution in [0.5, 0.6) is 0 Å². The van der Waals surface area contributed by atoms with Crippen LogP contribution in [0.15, 0.2) is 23.8 Å². The summed E-state index contributed by atoms with van der Waals surface area (Å²) in [4.78, 5) is 14.2. The van der Waals surface area contributed by atoms with Crippen LogP contribution in [0.3, 0.4) is 0 Å².